The fourth-order valence-corrected chi connectivity index (χ4v) is 3.70. The first-order chi connectivity index (χ1) is 11.2. The van der Waals surface area contributed by atoms with Gasteiger partial charge in [0.25, 0.3) is 0 Å². The van der Waals surface area contributed by atoms with Crippen molar-refractivity contribution >= 4 is 38.3 Å². The van der Waals surface area contributed by atoms with E-state index >= 15 is 0 Å². The molecule has 2 aliphatic rings. The first kappa shape index (κ1) is 15.1. The molecule has 0 aliphatic heterocycles. The number of Topliss-reactive ketones (excluding diaryl/α,β-unsaturated/α-hetero) is 1. The van der Waals surface area contributed by atoms with Gasteiger partial charge in [0.15, 0.2) is 5.78 Å². The van der Waals surface area contributed by atoms with Gasteiger partial charge in [-0.15, -0.1) is 0 Å². The Labute approximate surface area is 145 Å². The molecule has 1 N–H and O–H groups in total. The van der Waals surface area contributed by atoms with Crippen molar-refractivity contribution in [3.8, 4) is 0 Å². The minimum atomic E-state index is 0.206. The van der Waals surface area contributed by atoms with Crippen molar-refractivity contribution in [2.24, 2.45) is 5.92 Å². The molecule has 0 bridgehead atoms. The summed E-state index contributed by atoms with van der Waals surface area (Å²) in [6, 6.07) is 6.41. The Hall–Kier alpha value is -1.42. The molecule has 0 spiro atoms. The highest BCUT2D eigenvalue weighted by atomic mass is 79.9. The maximum absolute atomic E-state index is 12.7. The van der Waals surface area contributed by atoms with Crippen molar-refractivity contribution < 1.29 is 4.79 Å². The van der Waals surface area contributed by atoms with Crippen molar-refractivity contribution in [1.29, 1.82) is 0 Å². The van der Waals surface area contributed by atoms with Gasteiger partial charge in [0, 0.05) is 28.0 Å². The monoisotopic (exact) mass is 371 g/mol. The third-order valence-corrected chi connectivity index (χ3v) is 5.29. The van der Waals surface area contributed by atoms with E-state index in [2.05, 4.69) is 38.7 Å². The summed E-state index contributed by atoms with van der Waals surface area (Å²) in [6.07, 6.45) is 10.9. The van der Waals surface area contributed by atoms with Gasteiger partial charge in [-0.25, -0.2) is 0 Å². The summed E-state index contributed by atoms with van der Waals surface area (Å²) in [5.41, 5.74) is 2.66. The van der Waals surface area contributed by atoms with E-state index in [-0.39, 0.29) is 11.7 Å². The fraction of sp³-hybridized carbons (Fsp3) is 0.421. The summed E-state index contributed by atoms with van der Waals surface area (Å²) in [6.45, 7) is 0. The Morgan fingerprint density at radius 2 is 2.09 bits per heavy atom. The zero-order chi connectivity index (χ0) is 15.8. The second-order valence-corrected chi connectivity index (χ2v) is 7.53. The number of rotatable bonds is 4. The van der Waals surface area contributed by atoms with E-state index in [4.69, 9.17) is 0 Å². The average Bonchev–Trinajstić information content (AvgIpc) is 3.41. The lowest BCUT2D eigenvalue weighted by atomic mass is 9.94. The highest BCUT2D eigenvalue weighted by Crippen LogP contribution is 2.38. The highest BCUT2D eigenvalue weighted by Gasteiger charge is 2.33. The molecule has 2 aliphatic carbocycles. The average molecular weight is 372 g/mol. The van der Waals surface area contributed by atoms with E-state index < -0.39 is 0 Å². The van der Waals surface area contributed by atoms with Crippen LogP contribution in [0.2, 0.25) is 0 Å². The minimum Gasteiger partial charge on any atom is -0.381 e. The number of benzene rings is 1. The SMILES string of the molecule is O=C(c1cnc2ccc(Br)cc2c1NC1[CH]CCCC1)C1CC1. The van der Waals surface area contributed by atoms with Gasteiger partial charge >= 0.3 is 0 Å². The predicted molar refractivity (Wildman–Crippen MR) is 96.7 cm³/mol. The molecule has 1 aromatic heterocycles. The number of hydrogen-bond donors (Lipinski definition) is 1. The Morgan fingerprint density at radius 1 is 1.22 bits per heavy atom. The summed E-state index contributed by atoms with van der Waals surface area (Å²) in [7, 11) is 0. The number of nitrogens with zero attached hydrogens (tertiary/aromatic N) is 1. The third kappa shape index (κ3) is 3.14. The molecular formula is C19H20BrN2O. The molecular weight excluding hydrogens is 352 g/mol. The zero-order valence-electron chi connectivity index (χ0n) is 13.0. The number of carbonyl (C=O) groups is 1. The molecule has 4 rings (SSSR count). The van der Waals surface area contributed by atoms with Crippen LogP contribution in [0.15, 0.2) is 28.9 Å². The standard InChI is InChI=1S/C19H20BrN2O/c20-13-8-9-17-15(10-13)18(22-14-4-2-1-3-5-14)16(11-21-17)19(23)12-6-7-12/h4,8-12,14H,1-3,5-7H2,(H,21,22). The van der Waals surface area contributed by atoms with Crippen LogP contribution in [0.3, 0.4) is 0 Å². The molecule has 2 saturated carbocycles. The Kier molecular flexibility index (Phi) is 4.10. The number of halogens is 1. The van der Waals surface area contributed by atoms with Crippen molar-refractivity contribution in [3.63, 3.8) is 0 Å². The normalized spacial score (nSPS) is 19.0. The van der Waals surface area contributed by atoms with E-state index in [1.165, 1.54) is 12.8 Å². The number of nitrogens with one attached hydrogen (secondary N) is 1. The van der Waals surface area contributed by atoms with E-state index in [0.717, 1.165) is 52.3 Å². The van der Waals surface area contributed by atoms with Gasteiger partial charge in [0.1, 0.15) is 0 Å². The fourth-order valence-electron chi connectivity index (χ4n) is 3.33. The van der Waals surface area contributed by atoms with Crippen LogP contribution in [0.4, 0.5) is 5.69 Å². The van der Waals surface area contributed by atoms with Crippen LogP contribution in [0.5, 0.6) is 0 Å². The minimum absolute atomic E-state index is 0.206. The number of anilines is 1. The summed E-state index contributed by atoms with van der Waals surface area (Å²) in [5, 5.41) is 4.68. The molecule has 119 valence electrons. The molecule has 2 aromatic rings. The van der Waals surface area contributed by atoms with Crippen LogP contribution in [-0.2, 0) is 0 Å². The molecule has 1 atom stereocenters. The smallest absolute Gasteiger partial charge is 0.169 e. The number of fused-ring (bicyclic) bond motifs is 1. The Morgan fingerprint density at radius 3 is 2.83 bits per heavy atom. The van der Waals surface area contributed by atoms with Gasteiger partial charge in [0.2, 0.25) is 0 Å². The zero-order valence-corrected chi connectivity index (χ0v) is 14.6. The molecule has 4 heteroatoms. The molecule has 0 amide bonds. The largest absolute Gasteiger partial charge is 0.381 e. The van der Waals surface area contributed by atoms with E-state index in [1.807, 2.05) is 12.1 Å². The molecule has 1 unspecified atom stereocenters. The summed E-state index contributed by atoms with van der Waals surface area (Å²) in [5.74, 6) is 0.454. The van der Waals surface area contributed by atoms with Gasteiger partial charge in [0.05, 0.1) is 16.8 Å². The quantitative estimate of drug-likeness (QED) is 0.755. The van der Waals surface area contributed by atoms with Gasteiger partial charge in [-0.2, -0.15) is 0 Å². The first-order valence-corrected chi connectivity index (χ1v) is 9.24. The van der Waals surface area contributed by atoms with Gasteiger partial charge < -0.3 is 5.32 Å². The van der Waals surface area contributed by atoms with E-state index in [1.54, 1.807) is 6.20 Å². The van der Waals surface area contributed by atoms with Crippen molar-refractivity contribution in [2.75, 3.05) is 5.32 Å². The Balaban J connectivity index is 1.79. The first-order valence-electron chi connectivity index (χ1n) is 8.45. The van der Waals surface area contributed by atoms with Gasteiger partial charge in [-0.3, -0.25) is 9.78 Å². The van der Waals surface area contributed by atoms with Crippen LogP contribution >= 0.6 is 15.9 Å². The third-order valence-electron chi connectivity index (χ3n) is 4.79. The number of carbonyl (C=O) groups excluding carboxylic acids is 1. The molecule has 1 radical (unpaired) electrons. The molecule has 3 nitrogen and oxygen atoms in total. The number of aromatic nitrogens is 1. The van der Waals surface area contributed by atoms with Crippen molar-refractivity contribution in [3.05, 3.63) is 40.9 Å². The number of ketones is 1. The van der Waals surface area contributed by atoms with Crippen LogP contribution in [0, 0.1) is 12.3 Å². The maximum Gasteiger partial charge on any atom is 0.169 e. The van der Waals surface area contributed by atoms with Crippen LogP contribution < -0.4 is 5.32 Å². The van der Waals surface area contributed by atoms with Gasteiger partial charge in [-0.05, 0) is 50.3 Å². The van der Waals surface area contributed by atoms with Crippen molar-refractivity contribution in [2.45, 2.75) is 44.6 Å². The van der Waals surface area contributed by atoms with Crippen LogP contribution in [-0.4, -0.2) is 16.8 Å². The lowest BCUT2D eigenvalue weighted by molar-refractivity contribution is 0.0968. The van der Waals surface area contributed by atoms with E-state index in [9.17, 15) is 4.79 Å². The summed E-state index contributed by atoms with van der Waals surface area (Å²) < 4.78 is 1.01. The van der Waals surface area contributed by atoms with Crippen LogP contribution in [0.1, 0.15) is 48.9 Å². The van der Waals surface area contributed by atoms with Crippen LogP contribution in [0.25, 0.3) is 10.9 Å². The topological polar surface area (TPSA) is 42.0 Å². The molecule has 23 heavy (non-hydrogen) atoms. The molecule has 0 saturated heterocycles. The predicted octanol–water partition coefficient (Wildman–Crippen LogP) is 5.15. The maximum atomic E-state index is 12.7. The number of pyridine rings is 1. The highest BCUT2D eigenvalue weighted by molar-refractivity contribution is 9.10. The second-order valence-electron chi connectivity index (χ2n) is 6.62. The number of hydrogen-bond acceptors (Lipinski definition) is 3. The molecule has 1 heterocycles. The summed E-state index contributed by atoms with van der Waals surface area (Å²) >= 11 is 3.55. The summed E-state index contributed by atoms with van der Waals surface area (Å²) in [4.78, 5) is 17.2. The molecule has 2 fully saturated rings. The lowest BCUT2D eigenvalue weighted by Gasteiger charge is -2.25. The molecule has 1 aromatic carbocycles. The van der Waals surface area contributed by atoms with Crippen molar-refractivity contribution in [1.82, 2.24) is 4.98 Å². The second kappa shape index (κ2) is 6.23. The van der Waals surface area contributed by atoms with Gasteiger partial charge in [-0.1, -0.05) is 28.8 Å². The Bertz CT molecular complexity index is 748. The lowest BCUT2D eigenvalue weighted by Crippen LogP contribution is -2.24. The van der Waals surface area contributed by atoms with E-state index in [0.29, 0.717) is 6.04 Å².